The minimum absolute atomic E-state index is 0.228. The normalized spacial score (nSPS) is 10.6. The molecule has 0 atom stereocenters. The highest BCUT2D eigenvalue weighted by Gasteiger charge is 2.05. The quantitative estimate of drug-likeness (QED) is 0.628. The summed E-state index contributed by atoms with van der Waals surface area (Å²) in [6.45, 7) is 0.888. The Kier molecular flexibility index (Phi) is 3.89. The van der Waals surface area contributed by atoms with Crippen LogP contribution in [0.2, 0.25) is 0 Å². The lowest BCUT2D eigenvalue weighted by Gasteiger charge is -2.03. The van der Waals surface area contributed by atoms with Crippen molar-refractivity contribution >= 4 is 16.6 Å². The second-order valence-corrected chi connectivity index (χ2v) is 4.19. The van der Waals surface area contributed by atoms with Crippen molar-refractivity contribution in [3.05, 3.63) is 48.0 Å². The molecule has 0 fully saturated rings. The Morgan fingerprint density at radius 1 is 1.12 bits per heavy atom. The zero-order chi connectivity index (χ0) is 12.1. The van der Waals surface area contributed by atoms with E-state index >= 15 is 0 Å². The molecule has 0 bridgehead atoms. The predicted octanol–water partition coefficient (Wildman–Crippen LogP) is 3.02. The maximum Gasteiger partial charge on any atom is 0.162 e. The fraction of sp³-hybridized carbons (Fsp3) is 0.267. The molecule has 88 valence electrons. The van der Waals surface area contributed by atoms with Gasteiger partial charge >= 0.3 is 0 Å². The standard InChI is InChI=1S/C15H17NO/c1-16-10-4-7-15(17)14-9-8-12-5-2-3-6-13(12)11-14/h2-3,5-6,8-9,11,16H,4,7,10H2,1H3. The number of fused-ring (bicyclic) bond motifs is 1. The van der Waals surface area contributed by atoms with Crippen LogP contribution in [0.1, 0.15) is 23.2 Å². The molecule has 0 radical (unpaired) electrons. The van der Waals surface area contributed by atoms with Gasteiger partial charge in [0.1, 0.15) is 0 Å². The van der Waals surface area contributed by atoms with E-state index in [1.165, 1.54) is 5.39 Å². The van der Waals surface area contributed by atoms with Gasteiger partial charge in [0.2, 0.25) is 0 Å². The van der Waals surface area contributed by atoms with E-state index in [2.05, 4.69) is 11.4 Å². The lowest BCUT2D eigenvalue weighted by molar-refractivity contribution is 0.0980. The summed E-state index contributed by atoms with van der Waals surface area (Å²) in [6.07, 6.45) is 1.50. The van der Waals surface area contributed by atoms with E-state index in [0.29, 0.717) is 6.42 Å². The summed E-state index contributed by atoms with van der Waals surface area (Å²) in [4.78, 5) is 11.9. The van der Waals surface area contributed by atoms with Crippen LogP contribution in [0.5, 0.6) is 0 Å². The SMILES string of the molecule is CNCCCC(=O)c1ccc2ccccc2c1. The van der Waals surface area contributed by atoms with E-state index in [4.69, 9.17) is 0 Å². The number of ketones is 1. The van der Waals surface area contributed by atoms with Crippen LogP contribution < -0.4 is 5.32 Å². The van der Waals surface area contributed by atoms with E-state index < -0.39 is 0 Å². The summed E-state index contributed by atoms with van der Waals surface area (Å²) in [5, 5.41) is 5.36. The molecule has 0 saturated heterocycles. The van der Waals surface area contributed by atoms with Gasteiger partial charge in [-0.2, -0.15) is 0 Å². The van der Waals surface area contributed by atoms with E-state index in [-0.39, 0.29) is 5.78 Å². The van der Waals surface area contributed by atoms with Gasteiger partial charge in [-0.15, -0.1) is 0 Å². The van der Waals surface area contributed by atoms with Gasteiger partial charge in [-0.3, -0.25) is 4.79 Å². The summed E-state index contributed by atoms with van der Waals surface area (Å²) in [5.41, 5.74) is 0.819. The minimum Gasteiger partial charge on any atom is -0.320 e. The van der Waals surface area contributed by atoms with Crippen molar-refractivity contribution in [2.45, 2.75) is 12.8 Å². The Morgan fingerprint density at radius 3 is 2.65 bits per heavy atom. The molecule has 2 aromatic rings. The van der Waals surface area contributed by atoms with Gasteiger partial charge in [0, 0.05) is 12.0 Å². The van der Waals surface area contributed by atoms with Crippen molar-refractivity contribution in [3.63, 3.8) is 0 Å². The van der Waals surface area contributed by atoms with Crippen molar-refractivity contribution in [2.75, 3.05) is 13.6 Å². The topological polar surface area (TPSA) is 29.1 Å². The predicted molar refractivity (Wildman–Crippen MR) is 71.4 cm³/mol. The minimum atomic E-state index is 0.228. The lowest BCUT2D eigenvalue weighted by Crippen LogP contribution is -2.10. The number of hydrogen-bond donors (Lipinski definition) is 1. The smallest absolute Gasteiger partial charge is 0.162 e. The second kappa shape index (κ2) is 5.60. The van der Waals surface area contributed by atoms with Crippen molar-refractivity contribution in [1.82, 2.24) is 5.32 Å². The molecule has 0 spiro atoms. The summed E-state index contributed by atoms with van der Waals surface area (Å²) in [6, 6.07) is 14.0. The van der Waals surface area contributed by atoms with Gasteiger partial charge in [-0.25, -0.2) is 0 Å². The van der Waals surface area contributed by atoms with Gasteiger partial charge < -0.3 is 5.32 Å². The van der Waals surface area contributed by atoms with Crippen LogP contribution in [0.4, 0.5) is 0 Å². The fourth-order valence-corrected chi connectivity index (χ4v) is 1.93. The maximum absolute atomic E-state index is 11.9. The molecule has 2 aromatic carbocycles. The van der Waals surface area contributed by atoms with Gasteiger partial charge in [0.05, 0.1) is 0 Å². The third-order valence-corrected chi connectivity index (χ3v) is 2.90. The number of carbonyl (C=O) groups excluding carboxylic acids is 1. The van der Waals surface area contributed by atoms with E-state index in [0.717, 1.165) is 23.9 Å². The number of carbonyl (C=O) groups is 1. The number of benzene rings is 2. The van der Waals surface area contributed by atoms with E-state index in [1.807, 2.05) is 43.4 Å². The van der Waals surface area contributed by atoms with Gasteiger partial charge in [-0.1, -0.05) is 36.4 Å². The van der Waals surface area contributed by atoms with Crippen LogP contribution in [-0.4, -0.2) is 19.4 Å². The molecule has 2 rings (SSSR count). The Morgan fingerprint density at radius 2 is 1.88 bits per heavy atom. The van der Waals surface area contributed by atoms with E-state index in [1.54, 1.807) is 0 Å². The summed E-state index contributed by atoms with van der Waals surface area (Å²) in [7, 11) is 1.90. The largest absolute Gasteiger partial charge is 0.320 e. The highest BCUT2D eigenvalue weighted by molar-refractivity contribution is 5.99. The Bertz CT molecular complexity index is 519. The number of hydrogen-bond acceptors (Lipinski definition) is 2. The van der Waals surface area contributed by atoms with Gasteiger partial charge in [-0.05, 0) is 36.9 Å². The van der Waals surface area contributed by atoms with Crippen LogP contribution in [-0.2, 0) is 0 Å². The van der Waals surface area contributed by atoms with E-state index in [9.17, 15) is 4.79 Å². The van der Waals surface area contributed by atoms with Crippen molar-refractivity contribution in [3.8, 4) is 0 Å². The van der Waals surface area contributed by atoms with Crippen LogP contribution in [0.25, 0.3) is 10.8 Å². The highest BCUT2D eigenvalue weighted by atomic mass is 16.1. The molecule has 2 nitrogen and oxygen atoms in total. The zero-order valence-electron chi connectivity index (χ0n) is 10.1. The molecule has 0 aromatic heterocycles. The van der Waals surface area contributed by atoms with Crippen LogP contribution in [0.3, 0.4) is 0 Å². The summed E-state index contributed by atoms with van der Waals surface area (Å²) < 4.78 is 0. The third-order valence-electron chi connectivity index (χ3n) is 2.90. The summed E-state index contributed by atoms with van der Waals surface area (Å²) >= 11 is 0. The Hall–Kier alpha value is -1.67. The molecule has 0 saturated carbocycles. The highest BCUT2D eigenvalue weighted by Crippen LogP contribution is 2.16. The first kappa shape index (κ1) is 11.8. The van der Waals surface area contributed by atoms with Crippen molar-refractivity contribution < 1.29 is 4.79 Å². The molecule has 0 unspecified atom stereocenters. The second-order valence-electron chi connectivity index (χ2n) is 4.19. The molecule has 2 heteroatoms. The van der Waals surface area contributed by atoms with Crippen molar-refractivity contribution in [2.24, 2.45) is 0 Å². The molecule has 0 amide bonds. The fourth-order valence-electron chi connectivity index (χ4n) is 1.93. The number of Topliss-reactive ketones (excluding diaryl/α,β-unsaturated/α-hetero) is 1. The van der Waals surface area contributed by atoms with Crippen LogP contribution in [0, 0.1) is 0 Å². The summed E-state index contributed by atoms with van der Waals surface area (Å²) in [5.74, 6) is 0.228. The number of rotatable bonds is 5. The van der Waals surface area contributed by atoms with Crippen molar-refractivity contribution in [1.29, 1.82) is 0 Å². The Labute approximate surface area is 102 Å². The first-order valence-electron chi connectivity index (χ1n) is 5.98. The molecule has 0 aliphatic rings. The maximum atomic E-state index is 11.9. The molecule has 0 heterocycles. The third kappa shape index (κ3) is 2.92. The van der Waals surface area contributed by atoms with Gasteiger partial charge in [0.25, 0.3) is 0 Å². The average molecular weight is 227 g/mol. The lowest BCUT2D eigenvalue weighted by atomic mass is 10.0. The number of nitrogens with one attached hydrogen (secondary N) is 1. The first-order chi connectivity index (χ1) is 8.31. The zero-order valence-corrected chi connectivity index (χ0v) is 10.1. The monoisotopic (exact) mass is 227 g/mol. The molecular weight excluding hydrogens is 210 g/mol. The van der Waals surface area contributed by atoms with Crippen LogP contribution in [0.15, 0.2) is 42.5 Å². The molecule has 0 aliphatic carbocycles. The Balaban J connectivity index is 2.15. The molecule has 1 N–H and O–H groups in total. The molecule has 17 heavy (non-hydrogen) atoms. The first-order valence-corrected chi connectivity index (χ1v) is 5.98. The molecular formula is C15H17NO. The average Bonchev–Trinajstić information content (AvgIpc) is 2.38. The molecule has 0 aliphatic heterocycles. The van der Waals surface area contributed by atoms with Gasteiger partial charge in [0.15, 0.2) is 5.78 Å². The van der Waals surface area contributed by atoms with Crippen LogP contribution >= 0.6 is 0 Å².